The molecule has 0 amide bonds. The summed E-state index contributed by atoms with van der Waals surface area (Å²) < 4.78 is 10.2. The first-order valence-electron chi connectivity index (χ1n) is 6.25. The molecule has 0 aliphatic carbocycles. The predicted molar refractivity (Wildman–Crippen MR) is 71.8 cm³/mol. The summed E-state index contributed by atoms with van der Waals surface area (Å²) in [6, 6.07) is 7.45. The van der Waals surface area contributed by atoms with Crippen LogP contribution in [0.4, 0.5) is 0 Å². The van der Waals surface area contributed by atoms with Gasteiger partial charge in [0.2, 0.25) is 0 Å². The highest BCUT2D eigenvalue weighted by atomic mass is 16.5. The Balaban J connectivity index is 2.51. The normalized spacial score (nSPS) is 11.1. The molecule has 1 aromatic rings. The molecule has 1 N–H and O–H groups in total. The van der Waals surface area contributed by atoms with Gasteiger partial charge in [-0.25, -0.2) is 0 Å². The number of aromatic hydroxyl groups is 1. The van der Waals surface area contributed by atoms with Crippen LogP contribution in [0, 0.1) is 0 Å². The number of ether oxygens (including phenoxy) is 2. The number of para-hydroxylation sites is 1. The third-order valence-corrected chi connectivity index (χ3v) is 2.82. The van der Waals surface area contributed by atoms with E-state index in [0.717, 1.165) is 38.2 Å². The maximum atomic E-state index is 9.77. The molecule has 0 atom stereocenters. The van der Waals surface area contributed by atoms with E-state index in [0.29, 0.717) is 12.4 Å². The second-order valence-corrected chi connectivity index (χ2v) is 4.24. The van der Waals surface area contributed by atoms with E-state index in [1.54, 1.807) is 20.3 Å². The summed E-state index contributed by atoms with van der Waals surface area (Å²) in [4.78, 5) is 2.26. The Labute approximate surface area is 109 Å². The lowest BCUT2D eigenvalue weighted by Gasteiger charge is -2.22. The fraction of sp³-hybridized carbons (Fsp3) is 0.571. The van der Waals surface area contributed by atoms with Crippen LogP contribution in [0.3, 0.4) is 0 Å². The zero-order valence-corrected chi connectivity index (χ0v) is 11.3. The van der Waals surface area contributed by atoms with Gasteiger partial charge in [0.25, 0.3) is 0 Å². The number of hydrogen-bond donors (Lipinski definition) is 1. The summed E-state index contributed by atoms with van der Waals surface area (Å²) in [5.74, 6) is 0.353. The van der Waals surface area contributed by atoms with Crippen molar-refractivity contribution in [3.05, 3.63) is 29.8 Å². The molecule has 0 unspecified atom stereocenters. The van der Waals surface area contributed by atoms with E-state index in [-0.39, 0.29) is 0 Å². The number of phenols is 1. The lowest BCUT2D eigenvalue weighted by Crippen LogP contribution is -2.28. The van der Waals surface area contributed by atoms with Crippen molar-refractivity contribution in [2.45, 2.75) is 13.0 Å². The fourth-order valence-corrected chi connectivity index (χ4v) is 1.81. The molecule has 0 aromatic heterocycles. The first kappa shape index (κ1) is 15.0. The number of benzene rings is 1. The van der Waals surface area contributed by atoms with Crippen LogP contribution in [0.25, 0.3) is 0 Å². The summed E-state index contributed by atoms with van der Waals surface area (Å²) in [6.45, 7) is 3.98. The SMILES string of the molecule is COCCCN(CCOC)Cc1ccccc1O. The topological polar surface area (TPSA) is 41.9 Å². The molecule has 4 nitrogen and oxygen atoms in total. The minimum absolute atomic E-state index is 0.353. The Kier molecular flexibility index (Phi) is 7.41. The lowest BCUT2D eigenvalue weighted by atomic mass is 10.2. The molecule has 102 valence electrons. The number of methoxy groups -OCH3 is 2. The van der Waals surface area contributed by atoms with Crippen LogP contribution in [-0.2, 0) is 16.0 Å². The van der Waals surface area contributed by atoms with Crippen LogP contribution in [0.1, 0.15) is 12.0 Å². The molecular weight excluding hydrogens is 230 g/mol. The van der Waals surface area contributed by atoms with Crippen molar-refractivity contribution in [2.24, 2.45) is 0 Å². The van der Waals surface area contributed by atoms with Crippen LogP contribution in [0.5, 0.6) is 5.75 Å². The van der Waals surface area contributed by atoms with Crippen LogP contribution < -0.4 is 0 Å². The zero-order chi connectivity index (χ0) is 13.2. The van der Waals surface area contributed by atoms with Gasteiger partial charge >= 0.3 is 0 Å². The van der Waals surface area contributed by atoms with E-state index >= 15 is 0 Å². The van der Waals surface area contributed by atoms with Crippen molar-refractivity contribution in [1.29, 1.82) is 0 Å². The van der Waals surface area contributed by atoms with Crippen molar-refractivity contribution >= 4 is 0 Å². The molecule has 1 rings (SSSR count). The van der Waals surface area contributed by atoms with Crippen LogP contribution in [0.2, 0.25) is 0 Å². The van der Waals surface area contributed by atoms with Gasteiger partial charge in [-0.3, -0.25) is 4.90 Å². The third kappa shape index (κ3) is 5.49. The van der Waals surface area contributed by atoms with Gasteiger partial charge in [0.1, 0.15) is 5.75 Å². The Hall–Kier alpha value is -1.10. The summed E-state index contributed by atoms with van der Waals surface area (Å²) in [6.07, 6.45) is 0.980. The molecular formula is C14H23NO3. The molecule has 0 heterocycles. The molecule has 1 aromatic carbocycles. The largest absolute Gasteiger partial charge is 0.508 e. The Morgan fingerprint density at radius 3 is 2.44 bits per heavy atom. The summed E-state index contributed by atoms with van der Waals surface area (Å²) in [7, 11) is 3.41. The summed E-state index contributed by atoms with van der Waals surface area (Å²) in [5.41, 5.74) is 0.950. The van der Waals surface area contributed by atoms with Gasteiger partial charge in [-0.15, -0.1) is 0 Å². The van der Waals surface area contributed by atoms with Crippen molar-refractivity contribution in [3.8, 4) is 5.75 Å². The highest BCUT2D eigenvalue weighted by molar-refractivity contribution is 5.31. The molecule has 18 heavy (non-hydrogen) atoms. The van der Waals surface area contributed by atoms with Crippen molar-refractivity contribution < 1.29 is 14.6 Å². The van der Waals surface area contributed by atoms with Gasteiger partial charge < -0.3 is 14.6 Å². The molecule has 0 spiro atoms. The molecule has 4 heteroatoms. The third-order valence-electron chi connectivity index (χ3n) is 2.82. The van der Waals surface area contributed by atoms with Gasteiger partial charge in [0.15, 0.2) is 0 Å². The van der Waals surface area contributed by atoms with Crippen molar-refractivity contribution in [3.63, 3.8) is 0 Å². The molecule has 0 bridgehead atoms. The minimum atomic E-state index is 0.353. The number of phenolic OH excluding ortho intramolecular Hbond substituents is 1. The Bertz CT molecular complexity index is 331. The van der Waals surface area contributed by atoms with E-state index in [2.05, 4.69) is 4.90 Å². The van der Waals surface area contributed by atoms with E-state index in [1.807, 2.05) is 18.2 Å². The van der Waals surface area contributed by atoms with Crippen LogP contribution in [-0.4, -0.2) is 50.5 Å². The summed E-state index contributed by atoms with van der Waals surface area (Å²) >= 11 is 0. The lowest BCUT2D eigenvalue weighted by molar-refractivity contribution is 0.128. The zero-order valence-electron chi connectivity index (χ0n) is 11.3. The molecule has 0 radical (unpaired) electrons. The van der Waals surface area contributed by atoms with Gasteiger partial charge in [-0.1, -0.05) is 18.2 Å². The van der Waals surface area contributed by atoms with Crippen molar-refractivity contribution in [1.82, 2.24) is 4.90 Å². The molecule has 0 aliphatic heterocycles. The summed E-state index contributed by atoms with van der Waals surface area (Å²) in [5, 5.41) is 9.77. The van der Waals surface area contributed by atoms with E-state index < -0.39 is 0 Å². The van der Waals surface area contributed by atoms with Crippen LogP contribution >= 0.6 is 0 Å². The fourth-order valence-electron chi connectivity index (χ4n) is 1.81. The average Bonchev–Trinajstić information content (AvgIpc) is 2.38. The smallest absolute Gasteiger partial charge is 0.120 e. The maximum absolute atomic E-state index is 9.77. The van der Waals surface area contributed by atoms with Gasteiger partial charge in [-0.2, -0.15) is 0 Å². The van der Waals surface area contributed by atoms with Crippen molar-refractivity contribution in [2.75, 3.05) is 40.5 Å². The van der Waals surface area contributed by atoms with E-state index in [9.17, 15) is 5.11 Å². The average molecular weight is 253 g/mol. The van der Waals surface area contributed by atoms with E-state index in [1.165, 1.54) is 0 Å². The maximum Gasteiger partial charge on any atom is 0.120 e. The van der Waals surface area contributed by atoms with E-state index in [4.69, 9.17) is 9.47 Å². The highest BCUT2D eigenvalue weighted by Gasteiger charge is 2.08. The van der Waals surface area contributed by atoms with Crippen LogP contribution in [0.15, 0.2) is 24.3 Å². The first-order valence-corrected chi connectivity index (χ1v) is 6.25. The Morgan fingerprint density at radius 1 is 1.06 bits per heavy atom. The Morgan fingerprint density at radius 2 is 1.78 bits per heavy atom. The number of hydrogen-bond acceptors (Lipinski definition) is 4. The second-order valence-electron chi connectivity index (χ2n) is 4.24. The van der Waals surface area contributed by atoms with Gasteiger partial charge in [0.05, 0.1) is 6.61 Å². The molecule has 0 fully saturated rings. The molecule has 0 saturated carbocycles. The number of nitrogens with zero attached hydrogens (tertiary/aromatic N) is 1. The quantitative estimate of drug-likeness (QED) is 0.682. The molecule has 0 saturated heterocycles. The highest BCUT2D eigenvalue weighted by Crippen LogP contribution is 2.17. The second kappa shape index (κ2) is 8.91. The number of rotatable bonds is 9. The van der Waals surface area contributed by atoms with Gasteiger partial charge in [-0.05, 0) is 12.5 Å². The monoisotopic (exact) mass is 253 g/mol. The first-order chi connectivity index (χ1) is 8.77. The molecule has 0 aliphatic rings. The standard InChI is InChI=1S/C14H23NO3/c1-17-10-5-8-15(9-11-18-2)12-13-6-3-4-7-14(13)16/h3-4,6-7,16H,5,8-12H2,1-2H3. The van der Waals surface area contributed by atoms with Gasteiger partial charge in [0, 0.05) is 46.0 Å². The predicted octanol–water partition coefficient (Wildman–Crippen LogP) is 1.88. The minimum Gasteiger partial charge on any atom is -0.508 e.